The Morgan fingerprint density at radius 1 is 0.939 bits per heavy atom. The Morgan fingerprint density at radius 2 is 1.55 bits per heavy atom. The van der Waals surface area contributed by atoms with Gasteiger partial charge >= 0.3 is 0 Å². The summed E-state index contributed by atoms with van der Waals surface area (Å²) in [4.78, 5) is 32.2. The van der Waals surface area contributed by atoms with Crippen molar-refractivity contribution in [2.75, 3.05) is 12.4 Å². The zero-order valence-electron chi connectivity index (χ0n) is 17.4. The Hall–Kier alpha value is -4.30. The lowest BCUT2D eigenvalue weighted by Crippen LogP contribution is -2.15. The summed E-state index contributed by atoms with van der Waals surface area (Å²) in [5.74, 6) is 0.197. The number of methoxy groups -OCH3 is 1. The highest BCUT2D eigenvalue weighted by atomic mass is 35.5. The predicted molar refractivity (Wildman–Crippen MR) is 126 cm³/mol. The number of nitrogens with zero attached hydrogens (tertiary/aromatic N) is 3. The maximum Gasteiger partial charge on any atom is 0.270 e. The summed E-state index contributed by atoms with van der Waals surface area (Å²) in [7, 11) is 1.58. The third kappa shape index (κ3) is 5.13. The summed E-state index contributed by atoms with van der Waals surface area (Å²) in [5.41, 5.74) is 2.66. The van der Waals surface area contributed by atoms with Crippen LogP contribution in [0.4, 0.5) is 11.6 Å². The molecule has 0 atom stereocenters. The van der Waals surface area contributed by atoms with Gasteiger partial charge < -0.3 is 4.74 Å². The van der Waals surface area contributed by atoms with Gasteiger partial charge in [-0.2, -0.15) is 0 Å². The maximum atomic E-state index is 12.8. The van der Waals surface area contributed by atoms with Gasteiger partial charge in [0.1, 0.15) is 5.75 Å². The minimum Gasteiger partial charge on any atom is -0.497 e. The quantitative estimate of drug-likeness (QED) is 0.295. The van der Waals surface area contributed by atoms with E-state index in [-0.39, 0.29) is 17.2 Å². The molecular formula is C24H17ClN4O4. The highest BCUT2D eigenvalue weighted by molar-refractivity contribution is 6.30. The molecule has 0 radical (unpaired) electrons. The largest absolute Gasteiger partial charge is 0.497 e. The first-order chi connectivity index (χ1) is 15.9. The number of nitro groups is 1. The van der Waals surface area contributed by atoms with Crippen molar-refractivity contribution in [2.24, 2.45) is 0 Å². The highest BCUT2D eigenvalue weighted by Crippen LogP contribution is 2.27. The van der Waals surface area contributed by atoms with Gasteiger partial charge in [-0.1, -0.05) is 29.8 Å². The fourth-order valence-corrected chi connectivity index (χ4v) is 3.24. The molecule has 9 heteroatoms. The van der Waals surface area contributed by atoms with Crippen LogP contribution in [0.2, 0.25) is 5.02 Å². The molecule has 1 aromatic heterocycles. The van der Waals surface area contributed by atoms with Crippen LogP contribution in [0.3, 0.4) is 0 Å². The first-order valence-electron chi connectivity index (χ1n) is 9.78. The van der Waals surface area contributed by atoms with Gasteiger partial charge in [-0.15, -0.1) is 0 Å². The fraction of sp³-hybridized carbons (Fsp3) is 0.0417. The van der Waals surface area contributed by atoms with E-state index in [1.807, 2.05) is 24.3 Å². The van der Waals surface area contributed by atoms with Crippen LogP contribution in [0.5, 0.6) is 5.75 Å². The van der Waals surface area contributed by atoms with Crippen molar-refractivity contribution in [1.29, 1.82) is 0 Å². The minimum atomic E-state index is -0.562. The van der Waals surface area contributed by atoms with Gasteiger partial charge in [0.05, 0.1) is 23.4 Å². The second kappa shape index (κ2) is 9.46. The molecule has 164 valence electrons. The number of anilines is 1. The molecule has 0 fully saturated rings. The van der Waals surface area contributed by atoms with E-state index < -0.39 is 10.8 Å². The predicted octanol–water partition coefficient (Wildman–Crippen LogP) is 5.63. The zero-order valence-corrected chi connectivity index (χ0v) is 18.1. The van der Waals surface area contributed by atoms with Crippen molar-refractivity contribution >= 4 is 29.1 Å². The Kier molecular flexibility index (Phi) is 6.28. The van der Waals surface area contributed by atoms with Crippen LogP contribution < -0.4 is 10.1 Å². The fourth-order valence-electron chi connectivity index (χ4n) is 3.12. The van der Waals surface area contributed by atoms with Crippen LogP contribution >= 0.6 is 11.6 Å². The standard InChI is InChI=1S/C24H17ClN4O4/c1-33-20-11-7-16(8-12-20)22-14-21(15-5-9-18(25)10-6-15)26-24(27-22)28-23(30)17-3-2-4-19(13-17)29(31)32/h2-14H,1H3,(H,26,27,28,30). The minimum absolute atomic E-state index is 0.0600. The Morgan fingerprint density at radius 3 is 2.12 bits per heavy atom. The van der Waals surface area contributed by atoms with Crippen LogP contribution in [0.15, 0.2) is 78.9 Å². The van der Waals surface area contributed by atoms with E-state index in [2.05, 4.69) is 15.3 Å². The highest BCUT2D eigenvalue weighted by Gasteiger charge is 2.15. The number of carbonyl (C=O) groups is 1. The molecule has 3 aromatic carbocycles. The molecule has 0 aliphatic heterocycles. The zero-order chi connectivity index (χ0) is 23.4. The van der Waals surface area contributed by atoms with E-state index in [1.54, 1.807) is 37.4 Å². The number of ether oxygens (including phenoxy) is 1. The van der Waals surface area contributed by atoms with Crippen molar-refractivity contribution in [1.82, 2.24) is 9.97 Å². The molecule has 1 heterocycles. The number of amides is 1. The first kappa shape index (κ1) is 21.9. The molecule has 1 N–H and O–H groups in total. The summed E-state index contributed by atoms with van der Waals surface area (Å²) in [6.07, 6.45) is 0. The van der Waals surface area contributed by atoms with Crippen LogP contribution in [0.25, 0.3) is 22.5 Å². The van der Waals surface area contributed by atoms with Crippen molar-refractivity contribution in [3.8, 4) is 28.3 Å². The number of rotatable bonds is 6. The average molecular weight is 461 g/mol. The number of benzene rings is 3. The number of halogens is 1. The number of aromatic nitrogens is 2. The summed E-state index contributed by atoms with van der Waals surface area (Å²) in [6.45, 7) is 0. The van der Waals surface area contributed by atoms with E-state index in [9.17, 15) is 14.9 Å². The Balaban J connectivity index is 1.73. The summed E-state index contributed by atoms with van der Waals surface area (Å²) < 4.78 is 5.21. The number of carbonyl (C=O) groups excluding carboxylic acids is 1. The molecule has 0 aliphatic carbocycles. The summed E-state index contributed by atoms with van der Waals surface area (Å²) in [6, 6.07) is 21.7. The maximum absolute atomic E-state index is 12.8. The SMILES string of the molecule is COc1ccc(-c2cc(-c3ccc(Cl)cc3)nc(NC(=O)c3cccc([N+](=O)[O-])c3)n2)cc1. The molecule has 4 aromatic rings. The molecule has 4 rings (SSSR count). The van der Waals surface area contributed by atoms with E-state index in [0.29, 0.717) is 22.2 Å². The number of nitro benzene ring substituents is 1. The Labute approximate surface area is 194 Å². The molecule has 0 aliphatic rings. The molecule has 8 nitrogen and oxygen atoms in total. The second-order valence-electron chi connectivity index (χ2n) is 6.96. The van der Waals surface area contributed by atoms with Crippen LogP contribution in [-0.4, -0.2) is 27.9 Å². The van der Waals surface area contributed by atoms with Crippen molar-refractivity contribution < 1.29 is 14.5 Å². The van der Waals surface area contributed by atoms with Crippen molar-refractivity contribution in [3.63, 3.8) is 0 Å². The smallest absolute Gasteiger partial charge is 0.270 e. The molecule has 0 spiro atoms. The van der Waals surface area contributed by atoms with E-state index in [0.717, 1.165) is 11.1 Å². The molecule has 0 unspecified atom stereocenters. The van der Waals surface area contributed by atoms with E-state index in [1.165, 1.54) is 24.3 Å². The normalized spacial score (nSPS) is 10.5. The molecule has 1 amide bonds. The molecule has 0 bridgehead atoms. The Bertz CT molecular complexity index is 1330. The number of hydrogen-bond donors (Lipinski definition) is 1. The average Bonchev–Trinajstić information content (AvgIpc) is 2.84. The first-order valence-corrected chi connectivity index (χ1v) is 10.2. The summed E-state index contributed by atoms with van der Waals surface area (Å²) in [5, 5.41) is 14.3. The molecule has 0 saturated carbocycles. The van der Waals surface area contributed by atoms with E-state index >= 15 is 0 Å². The third-order valence-electron chi connectivity index (χ3n) is 4.80. The van der Waals surface area contributed by atoms with Crippen molar-refractivity contribution in [2.45, 2.75) is 0 Å². The van der Waals surface area contributed by atoms with Gasteiger partial charge in [0, 0.05) is 33.8 Å². The van der Waals surface area contributed by atoms with Gasteiger partial charge in [0.15, 0.2) is 0 Å². The van der Waals surface area contributed by atoms with Gasteiger partial charge in [-0.3, -0.25) is 20.2 Å². The molecule has 33 heavy (non-hydrogen) atoms. The lowest BCUT2D eigenvalue weighted by Gasteiger charge is -2.10. The monoisotopic (exact) mass is 460 g/mol. The lowest BCUT2D eigenvalue weighted by atomic mass is 10.1. The third-order valence-corrected chi connectivity index (χ3v) is 5.05. The van der Waals surface area contributed by atoms with Crippen LogP contribution in [0.1, 0.15) is 10.4 Å². The van der Waals surface area contributed by atoms with Crippen molar-refractivity contribution in [3.05, 3.63) is 99.6 Å². The number of non-ortho nitro benzene ring substituents is 1. The van der Waals surface area contributed by atoms with Gasteiger partial charge in [-0.25, -0.2) is 9.97 Å². The van der Waals surface area contributed by atoms with Gasteiger partial charge in [0.25, 0.3) is 11.6 Å². The lowest BCUT2D eigenvalue weighted by molar-refractivity contribution is -0.384. The van der Waals surface area contributed by atoms with Gasteiger partial charge in [0.2, 0.25) is 5.95 Å². The number of nitrogens with one attached hydrogen (secondary N) is 1. The number of hydrogen-bond acceptors (Lipinski definition) is 6. The summed E-state index contributed by atoms with van der Waals surface area (Å²) >= 11 is 6.01. The van der Waals surface area contributed by atoms with Gasteiger partial charge in [-0.05, 0) is 48.5 Å². The van der Waals surface area contributed by atoms with Crippen LogP contribution in [0, 0.1) is 10.1 Å². The van der Waals surface area contributed by atoms with E-state index in [4.69, 9.17) is 16.3 Å². The topological polar surface area (TPSA) is 107 Å². The van der Waals surface area contributed by atoms with Crippen LogP contribution in [-0.2, 0) is 0 Å². The molecule has 0 saturated heterocycles. The second-order valence-corrected chi connectivity index (χ2v) is 7.40. The molecular weight excluding hydrogens is 444 g/mol.